The maximum atomic E-state index is 12.2. The summed E-state index contributed by atoms with van der Waals surface area (Å²) in [6.45, 7) is 7.44. The molecule has 0 aromatic rings. The van der Waals surface area contributed by atoms with Gasteiger partial charge in [0.1, 0.15) is 6.10 Å². The van der Waals surface area contributed by atoms with E-state index >= 15 is 0 Å². The molecule has 3 atom stereocenters. The molecule has 0 bridgehead atoms. The van der Waals surface area contributed by atoms with Gasteiger partial charge in [0.2, 0.25) is 0 Å². The summed E-state index contributed by atoms with van der Waals surface area (Å²) in [5, 5.41) is 10.3. The van der Waals surface area contributed by atoms with Crippen molar-refractivity contribution in [1.82, 2.24) is 0 Å². The van der Waals surface area contributed by atoms with Gasteiger partial charge in [0.25, 0.3) is 0 Å². The standard InChI is InChI=1S/C14H22O6/c1-12(2)13(3,4)20-10-8(15)6-14(17,11(16)18-5)7-9(10)19-12/h9-10,17H,6-7H2,1-5H3/t9-,10-,14+/m1/s1. The second-order valence-electron chi connectivity index (χ2n) is 6.59. The molecular weight excluding hydrogens is 264 g/mol. The quantitative estimate of drug-likeness (QED) is 0.711. The van der Waals surface area contributed by atoms with Crippen LogP contribution in [0, 0.1) is 0 Å². The highest BCUT2D eigenvalue weighted by atomic mass is 16.6. The first-order chi connectivity index (χ1) is 9.02. The van der Waals surface area contributed by atoms with Crippen molar-refractivity contribution in [2.75, 3.05) is 7.11 Å². The van der Waals surface area contributed by atoms with E-state index in [1.807, 2.05) is 27.7 Å². The lowest BCUT2D eigenvalue weighted by Gasteiger charge is -2.53. The van der Waals surface area contributed by atoms with Crippen LogP contribution in [0.2, 0.25) is 0 Å². The summed E-state index contributed by atoms with van der Waals surface area (Å²) in [5.74, 6) is -1.15. The van der Waals surface area contributed by atoms with Gasteiger partial charge in [-0.15, -0.1) is 0 Å². The fourth-order valence-electron chi connectivity index (χ4n) is 2.68. The van der Waals surface area contributed by atoms with Crippen LogP contribution in [-0.2, 0) is 23.8 Å². The number of rotatable bonds is 1. The second kappa shape index (κ2) is 4.51. The molecule has 1 heterocycles. The van der Waals surface area contributed by atoms with Gasteiger partial charge >= 0.3 is 5.97 Å². The van der Waals surface area contributed by atoms with Crippen LogP contribution in [0.25, 0.3) is 0 Å². The zero-order valence-corrected chi connectivity index (χ0v) is 12.6. The number of fused-ring (bicyclic) bond motifs is 1. The van der Waals surface area contributed by atoms with Gasteiger partial charge in [-0.1, -0.05) is 0 Å². The van der Waals surface area contributed by atoms with Crippen molar-refractivity contribution < 1.29 is 28.9 Å². The molecule has 0 aromatic heterocycles. The van der Waals surface area contributed by atoms with Gasteiger partial charge in [-0.25, -0.2) is 4.79 Å². The van der Waals surface area contributed by atoms with E-state index in [1.54, 1.807) is 0 Å². The number of carbonyl (C=O) groups is 2. The lowest BCUT2D eigenvalue weighted by atomic mass is 9.77. The molecule has 6 heteroatoms. The number of esters is 1. The molecule has 0 radical (unpaired) electrons. The number of aliphatic hydroxyl groups is 1. The summed E-state index contributed by atoms with van der Waals surface area (Å²) in [7, 11) is 1.18. The Bertz CT molecular complexity index is 441. The van der Waals surface area contributed by atoms with Gasteiger partial charge in [0.15, 0.2) is 11.4 Å². The largest absolute Gasteiger partial charge is 0.467 e. The molecule has 20 heavy (non-hydrogen) atoms. The van der Waals surface area contributed by atoms with Crippen LogP contribution in [-0.4, -0.2) is 53.0 Å². The topological polar surface area (TPSA) is 82.1 Å². The van der Waals surface area contributed by atoms with Gasteiger partial charge in [0.05, 0.1) is 24.4 Å². The van der Waals surface area contributed by atoms with E-state index in [9.17, 15) is 14.7 Å². The third-order valence-electron chi connectivity index (χ3n) is 4.54. The van der Waals surface area contributed by atoms with E-state index in [0.29, 0.717) is 0 Å². The minimum Gasteiger partial charge on any atom is -0.467 e. The van der Waals surface area contributed by atoms with Crippen molar-refractivity contribution in [3.63, 3.8) is 0 Å². The number of ketones is 1. The second-order valence-corrected chi connectivity index (χ2v) is 6.59. The molecule has 0 aromatic carbocycles. The zero-order valence-electron chi connectivity index (χ0n) is 12.6. The molecule has 114 valence electrons. The summed E-state index contributed by atoms with van der Waals surface area (Å²) in [6, 6.07) is 0. The molecule has 1 N–H and O–H groups in total. The van der Waals surface area contributed by atoms with Gasteiger partial charge in [0, 0.05) is 12.8 Å². The fourth-order valence-corrected chi connectivity index (χ4v) is 2.68. The van der Waals surface area contributed by atoms with Crippen LogP contribution >= 0.6 is 0 Å². The highest BCUT2D eigenvalue weighted by Gasteiger charge is 2.58. The maximum absolute atomic E-state index is 12.2. The van der Waals surface area contributed by atoms with E-state index < -0.39 is 35.0 Å². The average molecular weight is 286 g/mol. The first-order valence-electron chi connectivity index (χ1n) is 6.71. The molecule has 0 spiro atoms. The van der Waals surface area contributed by atoms with E-state index in [0.717, 1.165) is 0 Å². The van der Waals surface area contributed by atoms with Crippen molar-refractivity contribution in [3.05, 3.63) is 0 Å². The monoisotopic (exact) mass is 286 g/mol. The molecule has 2 rings (SSSR count). The van der Waals surface area contributed by atoms with Crippen LogP contribution in [0.1, 0.15) is 40.5 Å². The van der Waals surface area contributed by atoms with Crippen LogP contribution in [0.4, 0.5) is 0 Å². The summed E-state index contributed by atoms with van der Waals surface area (Å²) in [4.78, 5) is 23.9. The van der Waals surface area contributed by atoms with Crippen LogP contribution in [0.5, 0.6) is 0 Å². The Kier molecular flexibility index (Phi) is 3.48. The number of ether oxygens (including phenoxy) is 3. The molecule has 0 amide bonds. The van der Waals surface area contributed by atoms with E-state index in [-0.39, 0.29) is 18.6 Å². The average Bonchev–Trinajstić information content (AvgIpc) is 2.30. The molecule has 2 fully saturated rings. The predicted octanol–water partition coefficient (Wildman–Crippen LogP) is 0.595. The molecule has 1 aliphatic heterocycles. The van der Waals surface area contributed by atoms with Crippen LogP contribution in [0.15, 0.2) is 0 Å². The maximum Gasteiger partial charge on any atom is 0.338 e. The normalized spacial score (nSPS) is 39.0. The third kappa shape index (κ3) is 2.25. The number of hydrogen-bond acceptors (Lipinski definition) is 6. The fraction of sp³-hybridized carbons (Fsp3) is 0.857. The summed E-state index contributed by atoms with van der Waals surface area (Å²) in [6.07, 6.45) is -1.71. The lowest BCUT2D eigenvalue weighted by Crippen LogP contribution is -2.67. The van der Waals surface area contributed by atoms with Gasteiger partial charge in [-0.05, 0) is 27.7 Å². The van der Waals surface area contributed by atoms with Crippen LogP contribution in [0.3, 0.4) is 0 Å². The van der Waals surface area contributed by atoms with Gasteiger partial charge in [-0.3, -0.25) is 4.79 Å². The first kappa shape index (κ1) is 15.4. The van der Waals surface area contributed by atoms with E-state index in [4.69, 9.17) is 9.47 Å². The first-order valence-corrected chi connectivity index (χ1v) is 6.71. The minimum absolute atomic E-state index is 0.00437. The Morgan fingerprint density at radius 3 is 2.35 bits per heavy atom. The SMILES string of the molecule is COC(=O)[C@]1(O)CC(=O)[C@H]2OC(C)(C)C(C)(C)O[C@@H]2C1. The van der Waals surface area contributed by atoms with Gasteiger partial charge in [-0.2, -0.15) is 0 Å². The Hall–Kier alpha value is -0.980. The Morgan fingerprint density at radius 2 is 1.80 bits per heavy atom. The number of Topliss-reactive ketones (excluding diaryl/α,β-unsaturated/α-hetero) is 1. The molecular formula is C14H22O6. The number of methoxy groups -OCH3 is 1. The predicted molar refractivity (Wildman–Crippen MR) is 69.1 cm³/mol. The van der Waals surface area contributed by atoms with Crippen molar-refractivity contribution in [3.8, 4) is 0 Å². The molecule has 1 saturated heterocycles. The molecule has 6 nitrogen and oxygen atoms in total. The lowest BCUT2D eigenvalue weighted by molar-refractivity contribution is -0.300. The zero-order chi connectivity index (χ0) is 15.3. The van der Waals surface area contributed by atoms with Crippen molar-refractivity contribution in [2.45, 2.75) is 69.5 Å². The highest BCUT2D eigenvalue weighted by Crippen LogP contribution is 2.43. The minimum atomic E-state index is -1.83. The molecule has 1 saturated carbocycles. The Balaban J connectivity index is 2.28. The van der Waals surface area contributed by atoms with Crippen molar-refractivity contribution in [2.24, 2.45) is 0 Å². The van der Waals surface area contributed by atoms with Crippen molar-refractivity contribution in [1.29, 1.82) is 0 Å². The Morgan fingerprint density at radius 1 is 1.25 bits per heavy atom. The van der Waals surface area contributed by atoms with Crippen molar-refractivity contribution >= 4 is 11.8 Å². The molecule has 1 aliphatic carbocycles. The van der Waals surface area contributed by atoms with E-state index in [2.05, 4.69) is 4.74 Å². The highest BCUT2D eigenvalue weighted by molar-refractivity contribution is 5.93. The van der Waals surface area contributed by atoms with E-state index in [1.165, 1.54) is 7.11 Å². The van der Waals surface area contributed by atoms with Gasteiger partial charge < -0.3 is 19.3 Å². The van der Waals surface area contributed by atoms with Crippen LogP contribution < -0.4 is 0 Å². The summed E-state index contributed by atoms with van der Waals surface area (Å²) < 4.78 is 16.4. The third-order valence-corrected chi connectivity index (χ3v) is 4.54. The summed E-state index contributed by atoms with van der Waals surface area (Å²) in [5.41, 5.74) is -3.10. The molecule has 2 aliphatic rings. The summed E-state index contributed by atoms with van der Waals surface area (Å²) >= 11 is 0. The smallest absolute Gasteiger partial charge is 0.338 e. The number of hydrogen-bond donors (Lipinski definition) is 1. The number of carbonyl (C=O) groups excluding carboxylic acids is 2. The molecule has 0 unspecified atom stereocenters. The Labute approximate surface area is 118 Å².